The van der Waals surface area contributed by atoms with E-state index in [1.54, 1.807) is 74.5 Å². The number of ketones is 1. The van der Waals surface area contributed by atoms with E-state index in [9.17, 15) is 23.7 Å². The molecule has 3 aromatic carbocycles. The summed E-state index contributed by atoms with van der Waals surface area (Å²) < 4.78 is 35.1. The molecule has 0 radical (unpaired) electrons. The number of esters is 1. The number of carboxylic acid groups (broad SMARTS) is 1. The number of carbonyl (C=O) groups is 4. The van der Waals surface area contributed by atoms with E-state index in [4.69, 9.17) is 23.6 Å². The van der Waals surface area contributed by atoms with E-state index in [1.165, 1.54) is 14.0 Å². The summed E-state index contributed by atoms with van der Waals surface area (Å²) in [6.45, 7) is 4.85. The lowest BCUT2D eigenvalue weighted by Crippen LogP contribution is -2.32. The zero-order valence-electron chi connectivity index (χ0n) is 24.5. The number of hydrogen-bond acceptors (Lipinski definition) is 9. The van der Waals surface area contributed by atoms with Gasteiger partial charge in [-0.1, -0.05) is 42.5 Å². The van der Waals surface area contributed by atoms with Crippen LogP contribution < -0.4 is 14.6 Å². The minimum atomic E-state index is -3.90. The van der Waals surface area contributed by atoms with Crippen LogP contribution >= 0.6 is 7.60 Å². The van der Waals surface area contributed by atoms with E-state index in [0.29, 0.717) is 22.1 Å². The number of para-hydroxylation sites is 1. The van der Waals surface area contributed by atoms with E-state index >= 15 is 0 Å². The summed E-state index contributed by atoms with van der Waals surface area (Å²) in [5.74, 6) is -2.46. The Labute approximate surface area is 250 Å². The number of benzene rings is 3. The Hall–Kier alpha value is -4.21. The highest BCUT2D eigenvalue weighted by molar-refractivity contribution is 7.54. The van der Waals surface area contributed by atoms with E-state index in [1.807, 2.05) is 0 Å². The molecule has 1 unspecified atom stereocenters. The second kappa shape index (κ2) is 15.3. The van der Waals surface area contributed by atoms with Gasteiger partial charge in [0.25, 0.3) is 0 Å². The van der Waals surface area contributed by atoms with E-state index in [-0.39, 0.29) is 55.2 Å². The largest absolute Gasteiger partial charge is 0.496 e. The molecule has 0 spiro atoms. The first-order valence-electron chi connectivity index (χ1n) is 13.8. The third-order valence-corrected chi connectivity index (χ3v) is 8.47. The molecule has 3 aromatic rings. The van der Waals surface area contributed by atoms with Crippen molar-refractivity contribution in [1.82, 2.24) is 5.32 Å². The van der Waals surface area contributed by atoms with Gasteiger partial charge >= 0.3 is 19.5 Å². The number of nitrogens with one attached hydrogen (secondary N) is 1. The van der Waals surface area contributed by atoms with Crippen LogP contribution in [-0.4, -0.2) is 61.3 Å². The molecule has 0 bridgehead atoms. The van der Waals surface area contributed by atoms with Crippen LogP contribution in [0.4, 0.5) is 0 Å². The molecule has 230 valence electrons. The number of Topliss-reactive ketones (excluding diaryl/α,β-unsaturated/α-hetero) is 1. The van der Waals surface area contributed by atoms with Crippen LogP contribution in [0.15, 0.2) is 60.7 Å². The Bertz CT molecular complexity index is 1510. The van der Waals surface area contributed by atoms with Crippen molar-refractivity contribution in [3.05, 3.63) is 71.8 Å². The summed E-state index contributed by atoms with van der Waals surface area (Å²) >= 11 is 0. The molecule has 0 saturated heterocycles. The van der Waals surface area contributed by atoms with Crippen LogP contribution in [0.2, 0.25) is 0 Å². The fraction of sp³-hybridized carbons (Fsp3) is 0.355. The standard InChI is InChI=1S/C31H36NO10P/c1-5-40-31(37)21(3)41-43(38,42-24-9-7-6-8-10-24)18-17-32-30(36)20(2)22-11-13-25-23(19-22)12-15-27(39-4)29(25)26(33)14-16-28(34)35/h6-13,15,19-21H,5,14,16-18H2,1-4H3,(H,32,36)(H,34,35)/t20-,21+,43?/m1/s1. The number of ether oxygens (including phenoxy) is 2. The fourth-order valence-electron chi connectivity index (χ4n) is 4.33. The Morgan fingerprint density at radius 2 is 1.70 bits per heavy atom. The molecule has 0 aliphatic carbocycles. The minimum Gasteiger partial charge on any atom is -0.496 e. The van der Waals surface area contributed by atoms with Crippen molar-refractivity contribution < 1.29 is 47.4 Å². The van der Waals surface area contributed by atoms with E-state index in [0.717, 1.165) is 0 Å². The highest BCUT2D eigenvalue weighted by Gasteiger charge is 2.32. The third-order valence-electron chi connectivity index (χ3n) is 6.57. The Kier molecular flexibility index (Phi) is 11.9. The third kappa shape index (κ3) is 9.14. The van der Waals surface area contributed by atoms with E-state index < -0.39 is 31.6 Å². The number of hydrogen-bond donors (Lipinski definition) is 2. The summed E-state index contributed by atoms with van der Waals surface area (Å²) in [5.41, 5.74) is 0.950. The van der Waals surface area contributed by atoms with Gasteiger partial charge in [-0.15, -0.1) is 0 Å². The predicted molar refractivity (Wildman–Crippen MR) is 160 cm³/mol. The molecule has 3 rings (SSSR count). The van der Waals surface area contributed by atoms with Crippen molar-refractivity contribution in [2.45, 2.75) is 45.6 Å². The van der Waals surface area contributed by atoms with Crippen LogP contribution in [0.25, 0.3) is 10.8 Å². The van der Waals surface area contributed by atoms with Gasteiger partial charge in [0.05, 0.1) is 37.8 Å². The van der Waals surface area contributed by atoms with Gasteiger partial charge in [-0.3, -0.25) is 18.9 Å². The topological polar surface area (TPSA) is 155 Å². The Morgan fingerprint density at radius 3 is 2.35 bits per heavy atom. The fourth-order valence-corrected chi connectivity index (χ4v) is 5.96. The lowest BCUT2D eigenvalue weighted by molar-refractivity contribution is -0.150. The van der Waals surface area contributed by atoms with Crippen LogP contribution in [0.5, 0.6) is 11.5 Å². The maximum absolute atomic E-state index is 13.6. The average Bonchev–Trinajstić information content (AvgIpc) is 2.98. The molecule has 11 nitrogen and oxygen atoms in total. The van der Waals surface area contributed by atoms with Gasteiger partial charge < -0.3 is 24.4 Å². The van der Waals surface area contributed by atoms with Crippen molar-refractivity contribution in [3.63, 3.8) is 0 Å². The first kappa shape index (κ1) is 33.3. The molecule has 0 saturated carbocycles. The maximum atomic E-state index is 13.6. The zero-order valence-corrected chi connectivity index (χ0v) is 25.4. The second-order valence-corrected chi connectivity index (χ2v) is 11.8. The number of aliphatic carboxylic acids is 1. The number of carboxylic acids is 1. The van der Waals surface area contributed by atoms with Crippen LogP contribution in [-0.2, 0) is 28.2 Å². The first-order valence-corrected chi connectivity index (χ1v) is 15.5. The number of amides is 1. The summed E-state index contributed by atoms with van der Waals surface area (Å²) in [7, 11) is -2.46. The molecule has 2 N–H and O–H groups in total. The highest BCUT2D eigenvalue weighted by atomic mass is 31.2. The van der Waals surface area contributed by atoms with Crippen LogP contribution in [0.3, 0.4) is 0 Å². The molecule has 0 fully saturated rings. The summed E-state index contributed by atoms with van der Waals surface area (Å²) in [5, 5.41) is 13.0. The molecule has 0 aliphatic rings. The quantitative estimate of drug-likeness (QED) is 0.123. The maximum Gasteiger partial charge on any atom is 0.381 e. The minimum absolute atomic E-state index is 0.0597. The van der Waals surface area contributed by atoms with Crippen LogP contribution in [0.1, 0.15) is 55.5 Å². The van der Waals surface area contributed by atoms with Crippen LogP contribution in [0, 0.1) is 0 Å². The lowest BCUT2D eigenvalue weighted by atomic mass is 9.93. The molecule has 43 heavy (non-hydrogen) atoms. The average molecular weight is 614 g/mol. The van der Waals surface area contributed by atoms with Gasteiger partial charge in [0, 0.05) is 13.0 Å². The summed E-state index contributed by atoms with van der Waals surface area (Å²) in [4.78, 5) is 49.0. The number of rotatable bonds is 16. The van der Waals surface area contributed by atoms with Crippen molar-refractivity contribution in [3.8, 4) is 11.5 Å². The van der Waals surface area contributed by atoms with Crippen molar-refractivity contribution in [1.29, 1.82) is 0 Å². The van der Waals surface area contributed by atoms with Crippen molar-refractivity contribution in [2.75, 3.05) is 26.4 Å². The van der Waals surface area contributed by atoms with Gasteiger partial charge in [0.15, 0.2) is 11.9 Å². The molecule has 0 aliphatic heterocycles. The monoisotopic (exact) mass is 613 g/mol. The smallest absolute Gasteiger partial charge is 0.381 e. The summed E-state index contributed by atoms with van der Waals surface area (Å²) in [6, 6.07) is 17.0. The molecule has 3 atom stereocenters. The number of fused-ring (bicyclic) bond motifs is 1. The normalized spacial score (nSPS) is 13.8. The molecule has 0 heterocycles. The molecule has 12 heteroatoms. The number of methoxy groups -OCH3 is 1. The van der Waals surface area contributed by atoms with Crippen molar-refractivity contribution >= 4 is 42.0 Å². The van der Waals surface area contributed by atoms with Gasteiger partial charge in [-0.2, -0.15) is 0 Å². The summed E-state index contributed by atoms with van der Waals surface area (Å²) in [6.07, 6.45) is -1.83. The lowest BCUT2D eigenvalue weighted by Gasteiger charge is -2.23. The van der Waals surface area contributed by atoms with E-state index in [2.05, 4.69) is 5.32 Å². The number of carbonyl (C=O) groups excluding carboxylic acids is 3. The molecule has 0 aromatic heterocycles. The first-order chi connectivity index (χ1) is 20.5. The van der Waals surface area contributed by atoms with Gasteiger partial charge in [-0.25, -0.2) is 9.36 Å². The van der Waals surface area contributed by atoms with Gasteiger partial charge in [0.1, 0.15) is 11.5 Å². The SMILES string of the molecule is CCOC(=O)[C@H](C)OP(=O)(CCNC(=O)[C@H](C)c1ccc2c(C(=O)CCC(=O)O)c(OC)ccc2c1)Oc1ccccc1. The Morgan fingerprint density at radius 1 is 0.977 bits per heavy atom. The van der Waals surface area contributed by atoms with Gasteiger partial charge in [-0.05, 0) is 55.3 Å². The van der Waals surface area contributed by atoms with Gasteiger partial charge in [0.2, 0.25) is 5.91 Å². The molecule has 1 amide bonds. The predicted octanol–water partition coefficient (Wildman–Crippen LogP) is 5.36. The molecular formula is C31H36NO10P. The zero-order chi connectivity index (χ0) is 31.6. The highest BCUT2D eigenvalue weighted by Crippen LogP contribution is 2.49. The Balaban J connectivity index is 1.74. The molecular weight excluding hydrogens is 577 g/mol. The van der Waals surface area contributed by atoms with Crippen molar-refractivity contribution in [2.24, 2.45) is 0 Å². The second-order valence-electron chi connectivity index (χ2n) is 9.69.